The van der Waals surface area contributed by atoms with Gasteiger partial charge in [-0.25, -0.2) is 4.98 Å². The van der Waals surface area contributed by atoms with Crippen molar-refractivity contribution in [2.45, 2.75) is 65.0 Å². The van der Waals surface area contributed by atoms with Crippen molar-refractivity contribution in [1.29, 1.82) is 0 Å². The molecule has 11 heteroatoms. The van der Waals surface area contributed by atoms with Gasteiger partial charge in [-0.3, -0.25) is 9.59 Å². The molecule has 1 aliphatic rings. The first kappa shape index (κ1) is 25.9. The predicted octanol–water partition coefficient (Wildman–Crippen LogP) is 2.24. The Morgan fingerprint density at radius 1 is 1.22 bits per heavy atom. The second-order valence-electron chi connectivity index (χ2n) is 9.61. The molecule has 0 radical (unpaired) electrons. The van der Waals surface area contributed by atoms with E-state index < -0.39 is 18.2 Å². The lowest BCUT2D eigenvalue weighted by atomic mass is 10.0. The van der Waals surface area contributed by atoms with E-state index in [1.165, 1.54) is 16.4 Å². The number of hydrogen-bond acceptors (Lipinski definition) is 8. The number of benzene rings is 1. The Bertz CT molecular complexity index is 1210. The van der Waals surface area contributed by atoms with Gasteiger partial charge in [0.2, 0.25) is 11.8 Å². The van der Waals surface area contributed by atoms with E-state index in [2.05, 4.69) is 19.9 Å². The summed E-state index contributed by atoms with van der Waals surface area (Å²) in [5.74, 6) is -0.519. The Labute approximate surface area is 214 Å². The number of β-amino-alcohol motifs (C(OH)–C–C–N with tert-alkyl or cyclic N) is 1. The molecule has 1 unspecified atom stereocenters. The molecule has 192 valence electrons. The van der Waals surface area contributed by atoms with E-state index in [9.17, 15) is 19.8 Å². The van der Waals surface area contributed by atoms with Gasteiger partial charge in [0.15, 0.2) is 0 Å². The average molecular weight is 513 g/mol. The average Bonchev–Trinajstić information content (AvgIpc) is 3.58. The van der Waals surface area contributed by atoms with Crippen LogP contribution in [0, 0.1) is 12.8 Å². The van der Waals surface area contributed by atoms with E-state index >= 15 is 0 Å². The molecule has 3 N–H and O–H groups in total. The summed E-state index contributed by atoms with van der Waals surface area (Å²) in [5, 5.41) is 26.7. The fourth-order valence-electron chi connectivity index (χ4n) is 4.67. The number of aryl methyl sites for hydroxylation is 1. The minimum absolute atomic E-state index is 0.0231. The van der Waals surface area contributed by atoms with Crippen LogP contribution in [0.25, 0.3) is 10.4 Å². The van der Waals surface area contributed by atoms with Crippen LogP contribution in [0.4, 0.5) is 0 Å². The summed E-state index contributed by atoms with van der Waals surface area (Å²) in [6.07, 6.45) is 2.89. The topological polar surface area (TPSA) is 133 Å². The largest absolute Gasteiger partial charge is 0.391 e. The highest BCUT2D eigenvalue weighted by atomic mass is 32.1. The number of aliphatic hydroxyl groups excluding tert-OH is 2. The third-order valence-corrected chi connectivity index (χ3v) is 7.36. The molecule has 0 bridgehead atoms. The molecule has 0 spiro atoms. The normalized spacial score (nSPS) is 19.5. The van der Waals surface area contributed by atoms with E-state index in [1.54, 1.807) is 10.9 Å². The lowest BCUT2D eigenvalue weighted by Gasteiger charge is -2.31. The summed E-state index contributed by atoms with van der Waals surface area (Å²) >= 11 is 1.22. The molecular weight excluding hydrogens is 480 g/mol. The molecule has 1 fully saturated rings. The van der Waals surface area contributed by atoms with Crippen molar-refractivity contribution in [3.05, 3.63) is 53.7 Å². The summed E-state index contributed by atoms with van der Waals surface area (Å²) in [4.78, 5) is 33.4. The molecule has 10 nitrogen and oxygen atoms in total. The Balaban J connectivity index is 1.47. The maximum atomic E-state index is 13.6. The summed E-state index contributed by atoms with van der Waals surface area (Å²) < 4.78 is 5.68. The van der Waals surface area contributed by atoms with Crippen LogP contribution in [0.3, 0.4) is 0 Å². The highest BCUT2D eigenvalue weighted by Crippen LogP contribution is 2.29. The molecule has 2 aromatic heterocycles. The van der Waals surface area contributed by atoms with Crippen molar-refractivity contribution in [2.24, 2.45) is 5.92 Å². The second-order valence-corrected chi connectivity index (χ2v) is 10.4. The zero-order chi connectivity index (χ0) is 26.0. The summed E-state index contributed by atoms with van der Waals surface area (Å²) in [6, 6.07) is 6.05. The monoisotopic (exact) mass is 512 g/mol. The van der Waals surface area contributed by atoms with Gasteiger partial charge in [0.05, 0.1) is 35.7 Å². The minimum atomic E-state index is -0.759. The van der Waals surface area contributed by atoms with Crippen LogP contribution >= 0.6 is 11.5 Å². The van der Waals surface area contributed by atoms with Gasteiger partial charge >= 0.3 is 0 Å². The summed E-state index contributed by atoms with van der Waals surface area (Å²) in [5.41, 5.74) is 3.12. The van der Waals surface area contributed by atoms with Gasteiger partial charge in [0, 0.05) is 19.2 Å². The second kappa shape index (κ2) is 10.9. The molecule has 1 aliphatic heterocycles. The third-order valence-electron chi connectivity index (χ3n) is 6.54. The quantitative estimate of drug-likeness (QED) is 0.421. The third kappa shape index (κ3) is 5.32. The van der Waals surface area contributed by atoms with Gasteiger partial charge in [-0.05, 0) is 42.4 Å². The molecule has 0 saturated carbocycles. The number of nitrogens with one attached hydrogen (secondary N) is 1. The Hall–Kier alpha value is -3.15. The smallest absolute Gasteiger partial charge is 0.246 e. The predicted molar refractivity (Wildman–Crippen MR) is 135 cm³/mol. The maximum absolute atomic E-state index is 13.6. The Morgan fingerprint density at radius 2 is 1.94 bits per heavy atom. The van der Waals surface area contributed by atoms with Crippen molar-refractivity contribution in [3.63, 3.8) is 0 Å². The molecule has 4 rings (SSSR count). The number of aromatic nitrogens is 4. The van der Waals surface area contributed by atoms with Crippen LogP contribution < -0.4 is 5.32 Å². The van der Waals surface area contributed by atoms with Crippen LogP contribution in [0.15, 0.2) is 36.8 Å². The van der Waals surface area contributed by atoms with Crippen LogP contribution in [0.5, 0.6) is 0 Å². The number of carbonyl (C=O) groups is 2. The zero-order valence-electron chi connectivity index (χ0n) is 20.8. The van der Waals surface area contributed by atoms with Gasteiger partial charge < -0.3 is 25.0 Å². The number of aliphatic hydroxyl groups is 2. The molecule has 1 saturated heterocycles. The number of nitrogens with zero attached hydrogens (tertiary/aromatic N) is 5. The van der Waals surface area contributed by atoms with E-state index in [1.807, 2.05) is 58.2 Å². The number of amides is 2. The SMILES string of the molecule is Cc1cn(C(C(=O)N2C[C@H](O)C[C@H]2C(=O)N[C@@H](C)c2ccc(-c3snnc3CO)cc2)C(C)C)cn1. The number of imidazole rings is 1. The highest BCUT2D eigenvalue weighted by Gasteiger charge is 2.42. The fraction of sp³-hybridized carbons (Fsp3) is 0.480. The van der Waals surface area contributed by atoms with E-state index in [4.69, 9.17) is 0 Å². The van der Waals surface area contributed by atoms with Crippen LogP contribution in [0.1, 0.15) is 56.2 Å². The van der Waals surface area contributed by atoms with Crippen molar-refractivity contribution in [2.75, 3.05) is 6.54 Å². The van der Waals surface area contributed by atoms with Crippen molar-refractivity contribution >= 4 is 23.3 Å². The van der Waals surface area contributed by atoms with Crippen LogP contribution in [-0.2, 0) is 16.2 Å². The Kier molecular flexibility index (Phi) is 7.82. The molecule has 36 heavy (non-hydrogen) atoms. The lowest BCUT2D eigenvalue weighted by Crippen LogP contribution is -2.49. The number of carbonyl (C=O) groups excluding carboxylic acids is 2. The van der Waals surface area contributed by atoms with Gasteiger partial charge in [-0.15, -0.1) is 5.10 Å². The standard InChI is InChI=1S/C25H32N6O4S/c1-14(2)22(30-10-15(3)26-13-30)25(35)31-11-19(33)9-21(31)24(34)27-16(4)17-5-7-18(8-6-17)23-20(12-32)28-29-36-23/h5-8,10,13-14,16,19,21-22,32-33H,9,11-12H2,1-4H3,(H,27,34)/t16-,19+,21-,22?/m0/s1. The highest BCUT2D eigenvalue weighted by molar-refractivity contribution is 7.09. The Morgan fingerprint density at radius 3 is 2.56 bits per heavy atom. The van der Waals surface area contributed by atoms with E-state index in [0.29, 0.717) is 5.69 Å². The fourth-order valence-corrected chi connectivity index (χ4v) is 5.35. The van der Waals surface area contributed by atoms with Crippen LogP contribution in [0.2, 0.25) is 0 Å². The van der Waals surface area contributed by atoms with Gasteiger partial charge in [0.1, 0.15) is 17.8 Å². The molecule has 1 aromatic carbocycles. The van der Waals surface area contributed by atoms with Crippen LogP contribution in [-0.4, -0.2) is 64.8 Å². The first-order valence-electron chi connectivity index (χ1n) is 12.0. The molecule has 0 aliphatic carbocycles. The zero-order valence-corrected chi connectivity index (χ0v) is 21.6. The maximum Gasteiger partial charge on any atom is 0.246 e. The lowest BCUT2D eigenvalue weighted by molar-refractivity contribution is -0.142. The van der Waals surface area contributed by atoms with Crippen molar-refractivity contribution in [3.8, 4) is 10.4 Å². The summed E-state index contributed by atoms with van der Waals surface area (Å²) in [7, 11) is 0. The van der Waals surface area contributed by atoms with Gasteiger partial charge in [-0.1, -0.05) is 42.6 Å². The molecule has 3 heterocycles. The number of hydrogen-bond donors (Lipinski definition) is 3. The number of rotatable bonds is 8. The first-order valence-corrected chi connectivity index (χ1v) is 12.8. The van der Waals surface area contributed by atoms with Crippen molar-refractivity contribution in [1.82, 2.24) is 29.4 Å². The minimum Gasteiger partial charge on any atom is -0.391 e. The molecule has 2 amide bonds. The van der Waals surface area contributed by atoms with Gasteiger partial charge in [0.25, 0.3) is 0 Å². The van der Waals surface area contributed by atoms with E-state index in [0.717, 1.165) is 21.7 Å². The van der Waals surface area contributed by atoms with Gasteiger partial charge in [-0.2, -0.15) is 0 Å². The summed E-state index contributed by atoms with van der Waals surface area (Å²) in [6.45, 7) is 7.59. The number of likely N-dealkylation sites (tertiary alicyclic amines) is 1. The molecular formula is C25H32N6O4S. The molecule has 4 atom stereocenters. The molecule has 3 aromatic rings. The van der Waals surface area contributed by atoms with Crippen molar-refractivity contribution < 1.29 is 19.8 Å². The first-order chi connectivity index (χ1) is 17.2. The van der Waals surface area contributed by atoms with E-state index in [-0.39, 0.29) is 43.3 Å².